The smallest absolute Gasteiger partial charge is 0.253 e. The van der Waals surface area contributed by atoms with E-state index in [-0.39, 0.29) is 5.91 Å². The molecule has 0 aliphatic rings. The van der Waals surface area contributed by atoms with E-state index in [1.165, 1.54) is 0 Å². The van der Waals surface area contributed by atoms with Gasteiger partial charge in [0.1, 0.15) is 0 Å². The molecule has 1 aromatic rings. The van der Waals surface area contributed by atoms with Crippen LogP contribution in [0.1, 0.15) is 10.4 Å². The van der Waals surface area contributed by atoms with Gasteiger partial charge in [-0.05, 0) is 12.1 Å². The van der Waals surface area contributed by atoms with Gasteiger partial charge in [0.2, 0.25) is 0 Å². The predicted molar refractivity (Wildman–Crippen MR) is 65.5 cm³/mol. The maximum absolute atomic E-state index is 11.7. The first-order valence-electron chi connectivity index (χ1n) is 4.79. The van der Waals surface area contributed by atoms with Crippen LogP contribution >= 0.6 is 0 Å². The fourth-order valence-corrected chi connectivity index (χ4v) is 1.60. The first-order valence-corrected chi connectivity index (χ1v) is 6.51. The Morgan fingerprint density at radius 3 is 2.75 bits per heavy atom. The molecule has 4 N–H and O–H groups in total. The predicted octanol–water partition coefficient (Wildman–Crippen LogP) is 0.0805. The maximum Gasteiger partial charge on any atom is 0.253 e. The minimum atomic E-state index is -0.901. The van der Waals surface area contributed by atoms with Gasteiger partial charge in [-0.25, -0.2) is 0 Å². The van der Waals surface area contributed by atoms with E-state index in [1.54, 1.807) is 30.5 Å². The molecule has 0 aliphatic carbocycles. The molecule has 6 heteroatoms. The summed E-state index contributed by atoms with van der Waals surface area (Å²) in [5, 5.41) is 2.68. The van der Waals surface area contributed by atoms with E-state index in [1.807, 2.05) is 0 Å². The van der Waals surface area contributed by atoms with Crippen LogP contribution in [0, 0.1) is 0 Å². The van der Waals surface area contributed by atoms with Gasteiger partial charge in [0.15, 0.2) is 0 Å². The largest absolute Gasteiger partial charge is 0.351 e. The summed E-state index contributed by atoms with van der Waals surface area (Å²) >= 11 is 0. The Balaban J connectivity index is 2.62. The fourth-order valence-electron chi connectivity index (χ4n) is 1.21. The number of carbonyl (C=O) groups excluding carboxylic acids is 1. The molecule has 0 radical (unpaired) electrons. The molecule has 0 aromatic heterocycles. The van der Waals surface area contributed by atoms with E-state index in [2.05, 4.69) is 10.7 Å². The van der Waals surface area contributed by atoms with E-state index in [4.69, 9.17) is 5.84 Å². The lowest BCUT2D eigenvalue weighted by Crippen LogP contribution is -2.28. The van der Waals surface area contributed by atoms with Crippen LogP contribution in [0.4, 0.5) is 5.69 Å². The molecule has 0 aliphatic heterocycles. The second-order valence-electron chi connectivity index (χ2n) is 3.22. The Hall–Kier alpha value is -1.40. The average molecular weight is 241 g/mol. The van der Waals surface area contributed by atoms with E-state index >= 15 is 0 Å². The van der Waals surface area contributed by atoms with Crippen molar-refractivity contribution in [2.45, 2.75) is 0 Å². The number of amides is 1. The topological polar surface area (TPSA) is 84.2 Å². The monoisotopic (exact) mass is 241 g/mol. The highest BCUT2D eigenvalue weighted by atomic mass is 32.2. The number of rotatable bonds is 5. The summed E-state index contributed by atoms with van der Waals surface area (Å²) in [6, 6.07) is 6.93. The van der Waals surface area contributed by atoms with E-state index in [0.717, 1.165) is 0 Å². The van der Waals surface area contributed by atoms with Crippen molar-refractivity contribution in [3.8, 4) is 0 Å². The summed E-state index contributed by atoms with van der Waals surface area (Å²) in [5.41, 5.74) is 3.50. The zero-order valence-corrected chi connectivity index (χ0v) is 9.84. The van der Waals surface area contributed by atoms with Crippen LogP contribution in [0.2, 0.25) is 0 Å². The Kier molecular flexibility index (Phi) is 4.94. The van der Waals surface area contributed by atoms with Crippen LogP contribution in [0.3, 0.4) is 0 Å². The van der Waals surface area contributed by atoms with Gasteiger partial charge in [0, 0.05) is 29.4 Å². The molecule has 1 atom stereocenters. The van der Waals surface area contributed by atoms with Crippen molar-refractivity contribution < 1.29 is 9.00 Å². The number of anilines is 1. The molecular weight excluding hydrogens is 226 g/mol. The van der Waals surface area contributed by atoms with Gasteiger partial charge >= 0.3 is 0 Å². The lowest BCUT2D eigenvalue weighted by molar-refractivity contribution is 0.0957. The van der Waals surface area contributed by atoms with Gasteiger partial charge in [-0.3, -0.25) is 14.8 Å². The van der Waals surface area contributed by atoms with Gasteiger partial charge in [-0.15, -0.1) is 0 Å². The number of para-hydroxylation sites is 1. The molecule has 1 unspecified atom stereocenters. The van der Waals surface area contributed by atoms with Crippen LogP contribution in [0.15, 0.2) is 24.3 Å². The number of nitrogens with one attached hydrogen (secondary N) is 2. The lowest BCUT2D eigenvalue weighted by atomic mass is 10.1. The zero-order valence-electron chi connectivity index (χ0n) is 9.03. The quantitative estimate of drug-likeness (QED) is 0.503. The Bertz CT molecular complexity index is 395. The van der Waals surface area contributed by atoms with Gasteiger partial charge in [0.05, 0.1) is 11.3 Å². The van der Waals surface area contributed by atoms with Gasteiger partial charge < -0.3 is 10.7 Å². The summed E-state index contributed by atoms with van der Waals surface area (Å²) in [6.07, 6.45) is 1.60. The Morgan fingerprint density at radius 2 is 2.12 bits per heavy atom. The molecule has 5 nitrogen and oxygen atoms in total. The highest BCUT2D eigenvalue weighted by Gasteiger charge is 2.09. The Labute approximate surface area is 96.8 Å². The first kappa shape index (κ1) is 12.7. The number of nitrogens with two attached hydrogens (primary N) is 1. The van der Waals surface area contributed by atoms with Crippen molar-refractivity contribution in [1.82, 2.24) is 5.32 Å². The van der Waals surface area contributed by atoms with Crippen molar-refractivity contribution in [2.24, 2.45) is 5.84 Å². The van der Waals surface area contributed by atoms with Crippen molar-refractivity contribution in [3.05, 3.63) is 29.8 Å². The number of hydrogen-bond acceptors (Lipinski definition) is 4. The number of carbonyl (C=O) groups is 1. The van der Waals surface area contributed by atoms with E-state index < -0.39 is 10.8 Å². The summed E-state index contributed by atoms with van der Waals surface area (Å²) in [6.45, 7) is 0.390. The van der Waals surface area contributed by atoms with Gasteiger partial charge in [-0.1, -0.05) is 12.1 Å². The summed E-state index contributed by atoms with van der Waals surface area (Å²) in [5.74, 6) is 5.51. The first-order chi connectivity index (χ1) is 7.65. The normalized spacial score (nSPS) is 11.9. The molecule has 0 saturated carbocycles. The van der Waals surface area contributed by atoms with Crippen molar-refractivity contribution in [2.75, 3.05) is 24.0 Å². The molecule has 1 rings (SSSR count). The molecule has 1 aromatic carbocycles. The molecule has 0 fully saturated rings. The SMILES string of the molecule is CS(=O)CCNC(=O)c1ccccc1NN. The summed E-state index contributed by atoms with van der Waals surface area (Å²) in [7, 11) is -0.901. The second-order valence-corrected chi connectivity index (χ2v) is 4.78. The third kappa shape index (κ3) is 3.63. The highest BCUT2D eigenvalue weighted by molar-refractivity contribution is 7.84. The molecule has 0 heterocycles. The zero-order chi connectivity index (χ0) is 12.0. The molecule has 0 bridgehead atoms. The maximum atomic E-state index is 11.7. The Morgan fingerprint density at radius 1 is 1.44 bits per heavy atom. The lowest BCUT2D eigenvalue weighted by Gasteiger charge is -2.08. The van der Waals surface area contributed by atoms with Crippen molar-refractivity contribution in [1.29, 1.82) is 0 Å². The van der Waals surface area contributed by atoms with Crippen LogP contribution in [-0.4, -0.2) is 28.7 Å². The average Bonchev–Trinajstić information content (AvgIpc) is 2.28. The highest BCUT2D eigenvalue weighted by Crippen LogP contribution is 2.12. The standard InChI is InChI=1S/C10H15N3O2S/c1-16(15)7-6-12-10(14)8-4-2-3-5-9(8)13-11/h2-5,13H,6-7,11H2,1H3,(H,12,14). The number of hydrazine groups is 1. The third-order valence-corrected chi connectivity index (χ3v) is 2.78. The minimum absolute atomic E-state index is 0.223. The number of nitrogen functional groups attached to an aromatic ring is 1. The second kappa shape index (κ2) is 6.24. The molecule has 0 saturated heterocycles. The van der Waals surface area contributed by atoms with Gasteiger partial charge in [-0.2, -0.15) is 0 Å². The number of hydrogen-bond donors (Lipinski definition) is 3. The van der Waals surface area contributed by atoms with Crippen LogP contribution in [0.5, 0.6) is 0 Å². The molecule has 88 valence electrons. The summed E-state index contributed by atoms with van der Waals surface area (Å²) in [4.78, 5) is 11.7. The van der Waals surface area contributed by atoms with E-state index in [9.17, 15) is 9.00 Å². The van der Waals surface area contributed by atoms with Crippen molar-refractivity contribution >= 4 is 22.4 Å². The summed E-state index contributed by atoms with van der Waals surface area (Å²) < 4.78 is 10.8. The molecule has 1 amide bonds. The molecule has 0 spiro atoms. The fraction of sp³-hybridized carbons (Fsp3) is 0.300. The van der Waals surface area contributed by atoms with Crippen LogP contribution in [0.25, 0.3) is 0 Å². The van der Waals surface area contributed by atoms with Crippen LogP contribution < -0.4 is 16.6 Å². The molecular formula is C10H15N3O2S. The minimum Gasteiger partial charge on any atom is -0.351 e. The van der Waals surface area contributed by atoms with Crippen LogP contribution in [-0.2, 0) is 10.8 Å². The third-order valence-electron chi connectivity index (χ3n) is 2.00. The van der Waals surface area contributed by atoms with E-state index in [0.29, 0.717) is 23.5 Å². The van der Waals surface area contributed by atoms with Crippen molar-refractivity contribution in [3.63, 3.8) is 0 Å². The molecule has 16 heavy (non-hydrogen) atoms. The van der Waals surface area contributed by atoms with Gasteiger partial charge in [0.25, 0.3) is 5.91 Å². The number of benzene rings is 1.